The van der Waals surface area contributed by atoms with Crippen LogP contribution in [0.5, 0.6) is 0 Å². The van der Waals surface area contributed by atoms with E-state index in [0.717, 1.165) is 11.0 Å². The molecule has 2 aromatic rings. The Bertz CT molecular complexity index is 650. The third-order valence-corrected chi connectivity index (χ3v) is 4.10. The summed E-state index contributed by atoms with van der Waals surface area (Å²) in [5, 5.41) is 0. The van der Waals surface area contributed by atoms with Gasteiger partial charge in [0.2, 0.25) is 0 Å². The Hall–Kier alpha value is -0.720. The Labute approximate surface area is 124 Å². The molecule has 0 saturated carbocycles. The number of fused-ring (bicyclic) bond motifs is 1. The van der Waals surface area contributed by atoms with E-state index in [2.05, 4.69) is 34.8 Å². The predicted molar refractivity (Wildman–Crippen MR) is 80.5 cm³/mol. The maximum atomic E-state index is 13.7. The molecule has 0 spiro atoms. The van der Waals surface area contributed by atoms with E-state index in [1.54, 1.807) is 13.2 Å². The minimum absolute atomic E-state index is 0.0758. The molecule has 0 aliphatic heterocycles. The lowest BCUT2D eigenvalue weighted by Crippen LogP contribution is -2.20. The zero-order valence-corrected chi connectivity index (χ0v) is 13.4. The SMILES string of the molecule is COCC(C(C)C)n1c(=S)[nH]c2cc(Br)c(F)cc21. The first-order chi connectivity index (χ1) is 8.95. The quantitative estimate of drug-likeness (QED) is 0.829. The number of methoxy groups -OCH3 is 1. The number of H-pyrrole nitrogens is 1. The lowest BCUT2D eigenvalue weighted by atomic mass is 10.1. The first-order valence-corrected chi connectivity index (χ1v) is 7.24. The Kier molecular flexibility index (Phi) is 4.43. The van der Waals surface area contributed by atoms with Crippen LogP contribution in [-0.2, 0) is 4.74 Å². The minimum Gasteiger partial charge on any atom is -0.383 e. The molecule has 0 amide bonds. The number of nitrogens with one attached hydrogen (secondary N) is 1. The molecule has 0 bridgehead atoms. The zero-order valence-electron chi connectivity index (χ0n) is 11.0. The van der Waals surface area contributed by atoms with Crippen molar-refractivity contribution in [2.24, 2.45) is 5.92 Å². The van der Waals surface area contributed by atoms with Crippen LogP contribution in [0.3, 0.4) is 0 Å². The van der Waals surface area contributed by atoms with Gasteiger partial charge in [-0.3, -0.25) is 0 Å². The number of benzene rings is 1. The largest absolute Gasteiger partial charge is 0.383 e. The van der Waals surface area contributed by atoms with Gasteiger partial charge in [-0.1, -0.05) is 13.8 Å². The van der Waals surface area contributed by atoms with Gasteiger partial charge in [0, 0.05) is 13.2 Å². The molecule has 1 N–H and O–H groups in total. The summed E-state index contributed by atoms with van der Waals surface area (Å²) in [6.45, 7) is 4.73. The predicted octanol–water partition coefficient (Wildman–Crippen LogP) is 4.44. The van der Waals surface area contributed by atoms with Crippen molar-refractivity contribution in [3.8, 4) is 0 Å². The molecule has 0 aliphatic rings. The summed E-state index contributed by atoms with van der Waals surface area (Å²) in [7, 11) is 1.66. The molecule has 1 unspecified atom stereocenters. The Morgan fingerprint density at radius 1 is 1.47 bits per heavy atom. The van der Waals surface area contributed by atoms with Crippen LogP contribution in [0.25, 0.3) is 11.0 Å². The average Bonchev–Trinajstić information content (AvgIpc) is 2.62. The van der Waals surface area contributed by atoms with Crippen molar-refractivity contribution in [1.29, 1.82) is 0 Å². The van der Waals surface area contributed by atoms with E-state index in [0.29, 0.717) is 21.8 Å². The van der Waals surface area contributed by atoms with Gasteiger partial charge in [0.05, 0.1) is 28.2 Å². The average molecular weight is 347 g/mol. The molecule has 0 saturated heterocycles. The number of rotatable bonds is 4. The molecule has 6 heteroatoms. The summed E-state index contributed by atoms with van der Waals surface area (Å²) in [6.07, 6.45) is 0. The van der Waals surface area contributed by atoms with Crippen molar-refractivity contribution in [3.63, 3.8) is 0 Å². The number of hydrogen-bond donors (Lipinski definition) is 1. The lowest BCUT2D eigenvalue weighted by molar-refractivity contribution is 0.134. The van der Waals surface area contributed by atoms with Gasteiger partial charge >= 0.3 is 0 Å². The molecule has 104 valence electrons. The second kappa shape index (κ2) is 5.73. The standard InChI is InChI=1S/C13H16BrFN2OS/c1-7(2)12(6-18-3)17-11-5-9(15)8(14)4-10(11)16-13(17)19/h4-5,7,12H,6H2,1-3H3,(H,16,19). The maximum absolute atomic E-state index is 13.7. The van der Waals surface area contributed by atoms with Crippen LogP contribution < -0.4 is 0 Å². The molecule has 1 heterocycles. The number of ether oxygens (including phenoxy) is 1. The van der Waals surface area contributed by atoms with E-state index in [4.69, 9.17) is 17.0 Å². The van der Waals surface area contributed by atoms with Crippen molar-refractivity contribution < 1.29 is 9.13 Å². The van der Waals surface area contributed by atoms with Gasteiger partial charge in [-0.25, -0.2) is 4.39 Å². The molecule has 0 radical (unpaired) electrons. The fraction of sp³-hybridized carbons (Fsp3) is 0.462. The van der Waals surface area contributed by atoms with Gasteiger partial charge in [0.25, 0.3) is 0 Å². The van der Waals surface area contributed by atoms with Crippen LogP contribution in [0.4, 0.5) is 4.39 Å². The molecule has 1 aromatic carbocycles. The summed E-state index contributed by atoms with van der Waals surface area (Å²) in [6, 6.07) is 3.28. The molecule has 2 rings (SSSR count). The highest BCUT2D eigenvalue weighted by molar-refractivity contribution is 9.10. The van der Waals surface area contributed by atoms with Crippen molar-refractivity contribution in [1.82, 2.24) is 9.55 Å². The van der Waals surface area contributed by atoms with E-state index >= 15 is 0 Å². The van der Waals surface area contributed by atoms with E-state index in [-0.39, 0.29) is 11.9 Å². The normalized spacial score (nSPS) is 13.4. The number of aromatic amines is 1. The van der Waals surface area contributed by atoms with Crippen LogP contribution in [0.2, 0.25) is 0 Å². The monoisotopic (exact) mass is 346 g/mol. The Morgan fingerprint density at radius 2 is 2.16 bits per heavy atom. The Morgan fingerprint density at radius 3 is 2.74 bits per heavy atom. The van der Waals surface area contributed by atoms with E-state index < -0.39 is 0 Å². The smallest absolute Gasteiger partial charge is 0.178 e. The van der Waals surface area contributed by atoms with Crippen molar-refractivity contribution >= 4 is 39.2 Å². The van der Waals surface area contributed by atoms with Crippen LogP contribution in [0, 0.1) is 16.5 Å². The molecular formula is C13H16BrFN2OS. The minimum atomic E-state index is -0.296. The summed E-state index contributed by atoms with van der Waals surface area (Å²) < 4.78 is 22.0. The van der Waals surface area contributed by atoms with Gasteiger partial charge in [0.1, 0.15) is 5.82 Å². The summed E-state index contributed by atoms with van der Waals surface area (Å²) in [5.41, 5.74) is 1.58. The molecule has 1 aromatic heterocycles. The Balaban J connectivity index is 2.68. The van der Waals surface area contributed by atoms with Crippen LogP contribution in [0.15, 0.2) is 16.6 Å². The van der Waals surface area contributed by atoms with E-state index in [1.807, 2.05) is 4.57 Å². The summed E-state index contributed by atoms with van der Waals surface area (Å²) in [5.74, 6) is 0.0348. The topological polar surface area (TPSA) is 29.9 Å². The molecule has 0 fully saturated rings. The third kappa shape index (κ3) is 2.75. The second-order valence-corrected chi connectivity index (χ2v) is 6.09. The molecular weight excluding hydrogens is 331 g/mol. The second-order valence-electron chi connectivity index (χ2n) is 4.85. The van der Waals surface area contributed by atoms with Gasteiger partial charge in [-0.2, -0.15) is 0 Å². The number of nitrogens with zero attached hydrogens (tertiary/aromatic N) is 1. The molecule has 0 aliphatic carbocycles. The summed E-state index contributed by atoms with van der Waals surface area (Å²) >= 11 is 8.55. The van der Waals surface area contributed by atoms with Gasteiger partial charge in [0.15, 0.2) is 4.77 Å². The highest BCUT2D eigenvalue weighted by atomic mass is 79.9. The van der Waals surface area contributed by atoms with Gasteiger partial charge in [-0.05, 0) is 40.1 Å². The fourth-order valence-electron chi connectivity index (χ4n) is 2.19. The molecule has 3 nitrogen and oxygen atoms in total. The fourth-order valence-corrected chi connectivity index (χ4v) is 2.87. The van der Waals surface area contributed by atoms with Crippen LogP contribution in [0.1, 0.15) is 19.9 Å². The number of hydrogen-bond acceptors (Lipinski definition) is 2. The van der Waals surface area contributed by atoms with E-state index in [9.17, 15) is 4.39 Å². The number of aromatic nitrogens is 2. The molecule has 19 heavy (non-hydrogen) atoms. The zero-order chi connectivity index (χ0) is 14.2. The highest BCUT2D eigenvalue weighted by Crippen LogP contribution is 2.28. The van der Waals surface area contributed by atoms with Crippen molar-refractivity contribution in [2.45, 2.75) is 19.9 Å². The first kappa shape index (κ1) is 14.7. The van der Waals surface area contributed by atoms with Crippen molar-refractivity contribution in [2.75, 3.05) is 13.7 Å². The van der Waals surface area contributed by atoms with Crippen molar-refractivity contribution in [3.05, 3.63) is 27.2 Å². The third-order valence-electron chi connectivity index (χ3n) is 3.20. The number of imidazole rings is 1. The number of halogens is 2. The van der Waals surface area contributed by atoms with Crippen LogP contribution >= 0.6 is 28.1 Å². The lowest BCUT2D eigenvalue weighted by Gasteiger charge is -2.22. The molecule has 1 atom stereocenters. The highest BCUT2D eigenvalue weighted by Gasteiger charge is 2.20. The first-order valence-electron chi connectivity index (χ1n) is 6.04. The van der Waals surface area contributed by atoms with Crippen LogP contribution in [-0.4, -0.2) is 23.3 Å². The van der Waals surface area contributed by atoms with Gasteiger partial charge in [-0.15, -0.1) is 0 Å². The maximum Gasteiger partial charge on any atom is 0.178 e. The summed E-state index contributed by atoms with van der Waals surface area (Å²) in [4.78, 5) is 3.11. The van der Waals surface area contributed by atoms with E-state index in [1.165, 1.54) is 6.07 Å². The van der Waals surface area contributed by atoms with Gasteiger partial charge < -0.3 is 14.3 Å².